The quantitative estimate of drug-likeness (QED) is 0.635. The Kier molecular flexibility index (Phi) is 7.25. The van der Waals surface area contributed by atoms with Crippen molar-refractivity contribution in [2.24, 2.45) is 5.92 Å². The fraction of sp³-hybridized carbons (Fsp3) is 0.476. The summed E-state index contributed by atoms with van der Waals surface area (Å²) in [7, 11) is -3.26. The molecule has 0 unspecified atom stereocenters. The smallest absolute Gasteiger partial charge is 0.242 e. The minimum absolute atomic E-state index is 0.0209. The maximum Gasteiger partial charge on any atom is 0.242 e. The number of hydrogen-bond donors (Lipinski definition) is 2. The molecule has 1 saturated carbocycles. The summed E-state index contributed by atoms with van der Waals surface area (Å²) in [5, 5.41) is 2.85. The third kappa shape index (κ3) is 5.89. The Morgan fingerprint density at radius 2 is 1.90 bits per heavy atom. The maximum absolute atomic E-state index is 13.9. The van der Waals surface area contributed by atoms with E-state index in [0.29, 0.717) is 18.2 Å². The van der Waals surface area contributed by atoms with Crippen LogP contribution in [-0.2, 0) is 10.0 Å². The number of nitrogens with zero attached hydrogens (tertiary/aromatic N) is 1. The van der Waals surface area contributed by atoms with Crippen LogP contribution in [0.3, 0.4) is 0 Å². The van der Waals surface area contributed by atoms with Crippen LogP contribution < -0.4 is 14.8 Å². The minimum Gasteiger partial charge on any atom is -0.434 e. The second-order valence-electron chi connectivity index (χ2n) is 7.84. The van der Waals surface area contributed by atoms with E-state index in [2.05, 4.69) is 15.0 Å². The Labute approximate surface area is 176 Å². The number of anilines is 1. The molecule has 1 heterocycles. The van der Waals surface area contributed by atoms with Crippen LogP contribution in [0.2, 0.25) is 0 Å². The second kappa shape index (κ2) is 9.70. The van der Waals surface area contributed by atoms with Crippen LogP contribution in [0.1, 0.15) is 39.5 Å². The van der Waals surface area contributed by atoms with Crippen molar-refractivity contribution in [2.75, 3.05) is 11.9 Å². The van der Waals surface area contributed by atoms with Gasteiger partial charge in [0.2, 0.25) is 15.9 Å². The van der Waals surface area contributed by atoms with Crippen LogP contribution in [0, 0.1) is 17.6 Å². The van der Waals surface area contributed by atoms with Gasteiger partial charge in [0.25, 0.3) is 0 Å². The molecular weight excluding hydrogens is 412 g/mol. The van der Waals surface area contributed by atoms with Gasteiger partial charge in [-0.05, 0) is 69.7 Å². The largest absolute Gasteiger partial charge is 0.434 e. The minimum atomic E-state index is -3.26. The van der Waals surface area contributed by atoms with Crippen molar-refractivity contribution in [3.05, 3.63) is 48.2 Å². The lowest BCUT2D eigenvalue weighted by atomic mass is 9.86. The van der Waals surface area contributed by atoms with Gasteiger partial charge in [-0.1, -0.05) is 0 Å². The molecular formula is C21H27F2N3O3S. The number of halogens is 2. The molecule has 1 aliphatic carbocycles. The van der Waals surface area contributed by atoms with E-state index in [1.165, 1.54) is 12.3 Å². The van der Waals surface area contributed by atoms with Gasteiger partial charge in [0.15, 0.2) is 11.6 Å². The number of benzene rings is 1. The molecule has 1 aromatic heterocycles. The maximum atomic E-state index is 13.9. The van der Waals surface area contributed by atoms with E-state index in [1.807, 2.05) is 0 Å². The molecule has 2 N–H and O–H groups in total. The standard InChI is InChI=1S/C21H27F2N3O3S/c1-14(2)30(27,28)26-17-8-5-15(6-9-17)13-25-19-4-3-11-24-21(19)29-20-10-7-16(22)12-18(20)23/h3-4,7,10-12,14-15,17,25-26H,5-6,8-9,13H2,1-2H3. The van der Waals surface area contributed by atoms with Gasteiger partial charge in [-0.3, -0.25) is 0 Å². The summed E-state index contributed by atoms with van der Waals surface area (Å²) >= 11 is 0. The van der Waals surface area contributed by atoms with E-state index >= 15 is 0 Å². The van der Waals surface area contributed by atoms with Gasteiger partial charge < -0.3 is 10.1 Å². The molecule has 1 aromatic carbocycles. The van der Waals surface area contributed by atoms with Crippen LogP contribution >= 0.6 is 0 Å². The molecule has 9 heteroatoms. The topological polar surface area (TPSA) is 80.3 Å². The first-order valence-electron chi connectivity index (χ1n) is 10.1. The number of rotatable bonds is 8. The number of pyridine rings is 1. The molecule has 30 heavy (non-hydrogen) atoms. The van der Waals surface area contributed by atoms with Gasteiger partial charge >= 0.3 is 0 Å². The van der Waals surface area contributed by atoms with Gasteiger partial charge in [-0.2, -0.15) is 0 Å². The van der Waals surface area contributed by atoms with Crippen molar-refractivity contribution in [2.45, 2.75) is 50.8 Å². The Balaban J connectivity index is 1.55. The van der Waals surface area contributed by atoms with E-state index in [1.54, 1.807) is 26.0 Å². The van der Waals surface area contributed by atoms with Crippen molar-refractivity contribution in [3.8, 4) is 11.6 Å². The molecule has 0 radical (unpaired) electrons. The summed E-state index contributed by atoms with van der Waals surface area (Å²) in [6.07, 6.45) is 4.89. The van der Waals surface area contributed by atoms with Crippen molar-refractivity contribution in [3.63, 3.8) is 0 Å². The summed E-state index contributed by atoms with van der Waals surface area (Å²) in [4.78, 5) is 4.15. The Morgan fingerprint density at radius 1 is 1.17 bits per heavy atom. The normalized spacial score (nSPS) is 19.6. The molecule has 0 bridgehead atoms. The highest BCUT2D eigenvalue weighted by atomic mass is 32.2. The van der Waals surface area contributed by atoms with Gasteiger partial charge in [-0.25, -0.2) is 26.9 Å². The molecule has 1 fully saturated rings. The molecule has 1 aliphatic rings. The molecule has 164 valence electrons. The third-order valence-corrected chi connectivity index (χ3v) is 7.15. The Bertz CT molecular complexity index is 962. The molecule has 0 spiro atoms. The zero-order valence-corrected chi connectivity index (χ0v) is 17.9. The Hall–Kier alpha value is -2.26. The van der Waals surface area contributed by atoms with E-state index in [4.69, 9.17) is 4.74 Å². The lowest BCUT2D eigenvalue weighted by molar-refractivity contribution is 0.323. The van der Waals surface area contributed by atoms with E-state index in [0.717, 1.165) is 37.8 Å². The summed E-state index contributed by atoms with van der Waals surface area (Å²) in [5.41, 5.74) is 0.615. The van der Waals surface area contributed by atoms with Gasteiger partial charge in [0.1, 0.15) is 5.82 Å². The zero-order chi connectivity index (χ0) is 21.7. The SMILES string of the molecule is CC(C)S(=O)(=O)NC1CCC(CNc2cccnc2Oc2ccc(F)cc2F)CC1. The van der Waals surface area contributed by atoms with Crippen molar-refractivity contribution in [1.82, 2.24) is 9.71 Å². The van der Waals surface area contributed by atoms with E-state index in [-0.39, 0.29) is 17.7 Å². The third-order valence-electron chi connectivity index (χ3n) is 5.25. The van der Waals surface area contributed by atoms with Crippen LogP contribution in [0.15, 0.2) is 36.5 Å². The van der Waals surface area contributed by atoms with Crippen molar-refractivity contribution >= 4 is 15.7 Å². The first-order chi connectivity index (χ1) is 14.2. The number of ether oxygens (including phenoxy) is 1. The highest BCUT2D eigenvalue weighted by molar-refractivity contribution is 7.90. The lowest BCUT2D eigenvalue weighted by Crippen LogP contribution is -2.41. The second-order valence-corrected chi connectivity index (χ2v) is 10.1. The van der Waals surface area contributed by atoms with E-state index < -0.39 is 26.9 Å². The summed E-state index contributed by atoms with van der Waals surface area (Å²) < 4.78 is 59.4. The number of aromatic nitrogens is 1. The van der Waals surface area contributed by atoms with Crippen LogP contribution in [0.5, 0.6) is 11.6 Å². The molecule has 0 amide bonds. The molecule has 6 nitrogen and oxygen atoms in total. The Morgan fingerprint density at radius 3 is 2.57 bits per heavy atom. The molecule has 3 rings (SSSR count). The first-order valence-corrected chi connectivity index (χ1v) is 11.6. The monoisotopic (exact) mass is 439 g/mol. The molecule has 0 saturated heterocycles. The summed E-state index contributed by atoms with van der Waals surface area (Å²) in [5.74, 6) is -0.989. The predicted octanol–water partition coefficient (Wildman–Crippen LogP) is 4.45. The first kappa shape index (κ1) is 22.4. The summed E-state index contributed by atoms with van der Waals surface area (Å²) in [6, 6.07) is 6.62. The zero-order valence-electron chi connectivity index (χ0n) is 17.1. The van der Waals surface area contributed by atoms with Crippen molar-refractivity contribution in [1.29, 1.82) is 0 Å². The number of nitrogens with one attached hydrogen (secondary N) is 2. The molecule has 0 atom stereocenters. The fourth-order valence-electron chi connectivity index (χ4n) is 3.38. The van der Waals surface area contributed by atoms with E-state index in [9.17, 15) is 17.2 Å². The molecule has 2 aromatic rings. The number of hydrogen-bond acceptors (Lipinski definition) is 5. The lowest BCUT2D eigenvalue weighted by Gasteiger charge is -2.29. The highest BCUT2D eigenvalue weighted by Crippen LogP contribution is 2.31. The van der Waals surface area contributed by atoms with Gasteiger partial charge in [-0.15, -0.1) is 0 Å². The van der Waals surface area contributed by atoms with Crippen molar-refractivity contribution < 1.29 is 21.9 Å². The summed E-state index contributed by atoms with van der Waals surface area (Å²) in [6.45, 7) is 4.00. The average Bonchev–Trinajstić information content (AvgIpc) is 2.70. The molecule has 0 aliphatic heterocycles. The number of sulfonamides is 1. The van der Waals surface area contributed by atoms with Crippen LogP contribution in [0.4, 0.5) is 14.5 Å². The van der Waals surface area contributed by atoms with Gasteiger partial charge in [0.05, 0.1) is 10.9 Å². The predicted molar refractivity (Wildman–Crippen MR) is 112 cm³/mol. The van der Waals surface area contributed by atoms with Crippen LogP contribution in [-0.4, -0.2) is 31.2 Å². The fourth-order valence-corrected chi connectivity index (χ4v) is 4.35. The van der Waals surface area contributed by atoms with Crippen LogP contribution in [0.25, 0.3) is 0 Å². The highest BCUT2D eigenvalue weighted by Gasteiger charge is 2.26. The average molecular weight is 440 g/mol. The van der Waals surface area contributed by atoms with Gasteiger partial charge in [0, 0.05) is 24.8 Å².